The molecule has 2 aliphatic rings. The zero-order valence-corrected chi connectivity index (χ0v) is 25.0. The third-order valence-electron chi connectivity index (χ3n) is 7.78. The maximum atomic E-state index is 15.0. The molecule has 2 aromatic carbocycles. The van der Waals surface area contributed by atoms with Crippen molar-refractivity contribution >= 4 is 34.7 Å². The Morgan fingerprint density at radius 3 is 2.44 bits per heavy atom. The van der Waals surface area contributed by atoms with E-state index in [-0.39, 0.29) is 17.5 Å². The lowest BCUT2D eigenvalue weighted by Gasteiger charge is -2.21. The van der Waals surface area contributed by atoms with Gasteiger partial charge in [-0.25, -0.2) is 18.2 Å². The van der Waals surface area contributed by atoms with Crippen LogP contribution in [-0.4, -0.2) is 47.7 Å². The number of halogens is 6. The SMILES string of the molecule is CNCC(c1cc(C(F)(F)C(N)=O)c(F)c(-c2cc(Cl)c(F)cc2F)n1)C1CC1.COc1cc(C=O)cc2cn(C3CC3)nc12. The van der Waals surface area contributed by atoms with Gasteiger partial charge < -0.3 is 15.8 Å². The fourth-order valence-electron chi connectivity index (χ4n) is 5.11. The van der Waals surface area contributed by atoms with Gasteiger partial charge in [0.25, 0.3) is 5.91 Å². The molecule has 6 rings (SSSR count). The number of carbonyl (C=O) groups excluding carboxylic acids is 2. The molecular formula is C31H29ClF5N5O3. The standard InChI is InChI=1S/C19H17ClF5N3O.C12H12N2O2/c1-27-7-10(8-2-3-8)15-5-11(19(24,25)18(26)29)16(23)17(28-15)9-4-12(20)14(22)6-13(9)21;1-16-11-5-8(7-15)4-9-6-14(10-2-3-10)13-12(9)11/h4-6,8,10,27H,2-3,7H2,1H3,(H2,26,29);4-7,10H,2-3H2,1H3. The van der Waals surface area contributed by atoms with Crippen molar-refractivity contribution in [3.8, 4) is 17.0 Å². The number of amides is 1. The summed E-state index contributed by atoms with van der Waals surface area (Å²) in [5.74, 6) is -9.97. The van der Waals surface area contributed by atoms with Crippen LogP contribution in [0.3, 0.4) is 0 Å². The van der Waals surface area contributed by atoms with E-state index in [9.17, 15) is 27.2 Å². The number of nitrogens with two attached hydrogens (primary N) is 1. The molecule has 2 fully saturated rings. The number of carbonyl (C=O) groups is 2. The monoisotopic (exact) mass is 649 g/mol. The quantitative estimate of drug-likeness (QED) is 0.118. The van der Waals surface area contributed by atoms with Crippen molar-refractivity contribution in [3.63, 3.8) is 0 Å². The molecule has 45 heavy (non-hydrogen) atoms. The predicted molar refractivity (Wildman–Crippen MR) is 157 cm³/mol. The number of fused-ring (bicyclic) bond motifs is 1. The Hall–Kier alpha value is -4.10. The first-order valence-corrected chi connectivity index (χ1v) is 14.5. The molecule has 14 heteroatoms. The second-order valence-corrected chi connectivity index (χ2v) is 11.5. The Kier molecular flexibility index (Phi) is 9.13. The van der Waals surface area contributed by atoms with Gasteiger partial charge in [-0.3, -0.25) is 14.3 Å². The van der Waals surface area contributed by atoms with Crippen LogP contribution >= 0.6 is 11.6 Å². The number of hydrogen-bond acceptors (Lipinski definition) is 6. The van der Waals surface area contributed by atoms with E-state index in [0.717, 1.165) is 42.2 Å². The van der Waals surface area contributed by atoms with E-state index < -0.39 is 51.1 Å². The molecule has 3 N–H and O–H groups in total. The maximum absolute atomic E-state index is 15.0. The number of pyridine rings is 1. The number of alkyl halides is 2. The van der Waals surface area contributed by atoms with Crippen LogP contribution in [0.2, 0.25) is 5.02 Å². The number of likely N-dealkylation sites (N-methyl/N-ethyl adjacent to an activating group) is 1. The first-order chi connectivity index (χ1) is 21.4. The van der Waals surface area contributed by atoms with E-state index in [2.05, 4.69) is 15.4 Å². The van der Waals surface area contributed by atoms with Gasteiger partial charge in [0.15, 0.2) is 5.82 Å². The fraction of sp³-hybridized carbons (Fsp3) is 0.355. The number of methoxy groups -OCH3 is 1. The van der Waals surface area contributed by atoms with Gasteiger partial charge >= 0.3 is 5.92 Å². The molecule has 1 amide bonds. The number of nitrogens with one attached hydrogen (secondary N) is 1. The molecule has 0 saturated heterocycles. The number of rotatable bonds is 10. The Bertz CT molecular complexity index is 1770. The van der Waals surface area contributed by atoms with Crippen LogP contribution in [0.4, 0.5) is 22.0 Å². The number of ether oxygens (including phenoxy) is 1. The number of aldehydes is 1. The van der Waals surface area contributed by atoms with Crippen LogP contribution in [0, 0.1) is 23.4 Å². The Labute approximate surface area is 259 Å². The van der Waals surface area contributed by atoms with Gasteiger partial charge in [0.2, 0.25) is 0 Å². The molecular weight excluding hydrogens is 621 g/mol. The van der Waals surface area contributed by atoms with E-state index in [4.69, 9.17) is 22.1 Å². The van der Waals surface area contributed by atoms with Crippen LogP contribution in [0.25, 0.3) is 22.2 Å². The number of aromatic nitrogens is 3. The normalized spacial score (nSPS) is 15.4. The maximum Gasteiger partial charge on any atom is 0.352 e. The molecule has 0 spiro atoms. The zero-order valence-electron chi connectivity index (χ0n) is 24.2. The van der Waals surface area contributed by atoms with E-state index in [1.54, 1.807) is 20.2 Å². The topological polar surface area (TPSA) is 112 Å². The molecule has 2 aliphatic carbocycles. The van der Waals surface area contributed by atoms with Gasteiger partial charge in [-0.2, -0.15) is 13.9 Å². The van der Waals surface area contributed by atoms with Gasteiger partial charge in [-0.15, -0.1) is 0 Å². The minimum atomic E-state index is -4.36. The third kappa shape index (κ3) is 6.64. The molecule has 2 aromatic heterocycles. The van der Waals surface area contributed by atoms with Crippen molar-refractivity contribution in [1.82, 2.24) is 20.1 Å². The highest BCUT2D eigenvalue weighted by molar-refractivity contribution is 6.31. The van der Waals surface area contributed by atoms with Crippen molar-refractivity contribution in [2.75, 3.05) is 20.7 Å². The summed E-state index contributed by atoms with van der Waals surface area (Å²) >= 11 is 5.66. The summed E-state index contributed by atoms with van der Waals surface area (Å²) in [5.41, 5.74) is 3.56. The molecule has 238 valence electrons. The average Bonchev–Trinajstić information content (AvgIpc) is 3.95. The van der Waals surface area contributed by atoms with Crippen molar-refractivity contribution < 1.29 is 36.3 Å². The van der Waals surface area contributed by atoms with Crippen molar-refractivity contribution in [2.24, 2.45) is 11.7 Å². The molecule has 8 nitrogen and oxygen atoms in total. The summed E-state index contributed by atoms with van der Waals surface area (Å²) in [6.45, 7) is 0.344. The van der Waals surface area contributed by atoms with Gasteiger partial charge in [-0.05, 0) is 62.9 Å². The van der Waals surface area contributed by atoms with Gasteiger partial charge in [0, 0.05) is 46.9 Å². The first kappa shape index (κ1) is 32.3. The highest BCUT2D eigenvalue weighted by atomic mass is 35.5. The molecule has 1 atom stereocenters. The van der Waals surface area contributed by atoms with Crippen molar-refractivity contribution in [2.45, 2.75) is 43.6 Å². The second-order valence-electron chi connectivity index (χ2n) is 11.1. The van der Waals surface area contributed by atoms with Crippen LogP contribution in [0.5, 0.6) is 5.75 Å². The van der Waals surface area contributed by atoms with Gasteiger partial charge in [0.1, 0.15) is 34.9 Å². The molecule has 2 saturated carbocycles. The summed E-state index contributed by atoms with van der Waals surface area (Å²) in [6.07, 6.45) is 6.84. The summed E-state index contributed by atoms with van der Waals surface area (Å²) < 4.78 is 78.8. The van der Waals surface area contributed by atoms with Crippen LogP contribution < -0.4 is 15.8 Å². The average molecular weight is 650 g/mol. The molecule has 4 aromatic rings. The number of hydrogen-bond donors (Lipinski definition) is 2. The van der Waals surface area contributed by atoms with E-state index in [0.29, 0.717) is 30.0 Å². The van der Waals surface area contributed by atoms with E-state index >= 15 is 4.39 Å². The summed E-state index contributed by atoms with van der Waals surface area (Å²) in [4.78, 5) is 26.1. The number of primary amides is 1. The highest BCUT2D eigenvalue weighted by Gasteiger charge is 2.44. The first-order valence-electron chi connectivity index (χ1n) is 14.1. The lowest BCUT2D eigenvalue weighted by molar-refractivity contribution is -0.143. The Morgan fingerprint density at radius 1 is 1.16 bits per heavy atom. The predicted octanol–water partition coefficient (Wildman–Crippen LogP) is 6.30. The summed E-state index contributed by atoms with van der Waals surface area (Å²) in [5, 5.41) is 7.84. The van der Waals surface area contributed by atoms with Crippen LogP contribution in [0.15, 0.2) is 36.5 Å². The minimum absolute atomic E-state index is 0.0500. The van der Waals surface area contributed by atoms with Crippen LogP contribution in [0.1, 0.15) is 59.3 Å². The zero-order chi connectivity index (χ0) is 32.6. The third-order valence-corrected chi connectivity index (χ3v) is 8.07. The minimum Gasteiger partial charge on any atom is -0.494 e. The summed E-state index contributed by atoms with van der Waals surface area (Å²) in [7, 11) is 3.25. The second kappa shape index (κ2) is 12.7. The van der Waals surface area contributed by atoms with Crippen molar-refractivity contribution in [3.05, 3.63) is 75.8 Å². The number of nitrogens with zero attached hydrogens (tertiary/aromatic N) is 3. The Morgan fingerprint density at radius 2 is 1.87 bits per heavy atom. The molecule has 1 unspecified atom stereocenters. The smallest absolute Gasteiger partial charge is 0.352 e. The lowest BCUT2D eigenvalue weighted by atomic mass is 9.94. The molecule has 2 heterocycles. The summed E-state index contributed by atoms with van der Waals surface area (Å²) in [6, 6.07) is 6.06. The molecule has 0 aliphatic heterocycles. The van der Waals surface area contributed by atoms with Gasteiger partial charge in [-0.1, -0.05) is 11.6 Å². The molecule has 0 radical (unpaired) electrons. The van der Waals surface area contributed by atoms with Gasteiger partial charge in [0.05, 0.1) is 23.7 Å². The largest absolute Gasteiger partial charge is 0.494 e. The van der Waals surface area contributed by atoms with E-state index in [1.807, 2.05) is 16.9 Å². The highest BCUT2D eigenvalue weighted by Crippen LogP contribution is 2.44. The lowest BCUT2D eigenvalue weighted by Crippen LogP contribution is -2.34. The molecule has 0 bridgehead atoms. The fourth-order valence-corrected chi connectivity index (χ4v) is 5.27. The number of benzene rings is 2. The Balaban J connectivity index is 0.000000209. The van der Waals surface area contributed by atoms with Crippen molar-refractivity contribution in [1.29, 1.82) is 0 Å². The van der Waals surface area contributed by atoms with Crippen LogP contribution in [-0.2, 0) is 10.7 Å². The van der Waals surface area contributed by atoms with E-state index in [1.165, 1.54) is 12.8 Å².